The van der Waals surface area contributed by atoms with Crippen molar-refractivity contribution < 1.29 is 4.79 Å². The molecule has 0 saturated carbocycles. The van der Waals surface area contributed by atoms with Crippen molar-refractivity contribution in [3.05, 3.63) is 69.8 Å². The summed E-state index contributed by atoms with van der Waals surface area (Å²) in [6.07, 6.45) is 3.41. The summed E-state index contributed by atoms with van der Waals surface area (Å²) in [7, 11) is 0. The zero-order valence-corrected chi connectivity index (χ0v) is 12.9. The number of aryl methyl sites for hydroxylation is 1. The van der Waals surface area contributed by atoms with E-state index in [1.807, 2.05) is 37.3 Å². The van der Waals surface area contributed by atoms with Gasteiger partial charge >= 0.3 is 6.03 Å². The topological polar surface area (TPSA) is 41.1 Å². The van der Waals surface area contributed by atoms with Gasteiger partial charge in [-0.25, -0.2) is 4.79 Å². The summed E-state index contributed by atoms with van der Waals surface area (Å²) in [6.45, 7) is 2.01. The van der Waals surface area contributed by atoms with Gasteiger partial charge in [-0.2, -0.15) is 0 Å². The van der Waals surface area contributed by atoms with Gasteiger partial charge in [0.2, 0.25) is 0 Å². The Morgan fingerprint density at radius 1 is 1.10 bits per heavy atom. The number of hydrogen-bond donors (Lipinski definition) is 2. The number of carbonyl (C=O) groups is 1. The van der Waals surface area contributed by atoms with E-state index in [1.165, 1.54) is 0 Å². The van der Waals surface area contributed by atoms with E-state index in [4.69, 9.17) is 23.2 Å². The molecule has 21 heavy (non-hydrogen) atoms. The summed E-state index contributed by atoms with van der Waals surface area (Å²) in [4.78, 5) is 11.8. The molecule has 0 heterocycles. The van der Waals surface area contributed by atoms with Gasteiger partial charge in [-0.05, 0) is 36.3 Å². The van der Waals surface area contributed by atoms with Gasteiger partial charge in [0, 0.05) is 6.20 Å². The summed E-state index contributed by atoms with van der Waals surface area (Å²) in [5.41, 5.74) is 2.64. The van der Waals surface area contributed by atoms with Crippen molar-refractivity contribution in [1.29, 1.82) is 0 Å². The molecule has 3 nitrogen and oxygen atoms in total. The van der Waals surface area contributed by atoms with Crippen molar-refractivity contribution >= 4 is 41.0 Å². The average molecular weight is 321 g/mol. The first-order valence-electron chi connectivity index (χ1n) is 6.31. The van der Waals surface area contributed by atoms with Crippen molar-refractivity contribution in [3.8, 4) is 0 Å². The third-order valence-corrected chi connectivity index (χ3v) is 3.68. The molecule has 0 aliphatic carbocycles. The molecule has 0 radical (unpaired) electrons. The van der Waals surface area contributed by atoms with E-state index in [9.17, 15) is 4.79 Å². The van der Waals surface area contributed by atoms with E-state index in [0.717, 1.165) is 11.1 Å². The Balaban J connectivity index is 1.97. The Labute approximate surface area is 133 Å². The normalized spacial score (nSPS) is 10.6. The summed E-state index contributed by atoms with van der Waals surface area (Å²) in [5, 5.41) is 5.97. The van der Waals surface area contributed by atoms with E-state index in [1.54, 1.807) is 24.4 Å². The average Bonchev–Trinajstić information content (AvgIpc) is 2.46. The molecule has 0 saturated heterocycles. The molecule has 0 fully saturated rings. The number of nitrogens with one attached hydrogen (secondary N) is 2. The maximum atomic E-state index is 11.8. The zero-order valence-electron chi connectivity index (χ0n) is 11.4. The fourth-order valence-electron chi connectivity index (χ4n) is 1.74. The van der Waals surface area contributed by atoms with Crippen LogP contribution in [0, 0.1) is 6.92 Å². The third kappa shape index (κ3) is 4.25. The van der Waals surface area contributed by atoms with Crippen molar-refractivity contribution in [2.24, 2.45) is 0 Å². The minimum absolute atomic E-state index is 0.317. The minimum atomic E-state index is -0.385. The van der Waals surface area contributed by atoms with E-state index in [2.05, 4.69) is 10.6 Å². The Morgan fingerprint density at radius 2 is 1.86 bits per heavy atom. The van der Waals surface area contributed by atoms with Crippen molar-refractivity contribution in [3.63, 3.8) is 0 Å². The Bertz CT molecular complexity index is 684. The maximum absolute atomic E-state index is 11.8. The fourth-order valence-corrected chi connectivity index (χ4v) is 2.09. The van der Waals surface area contributed by atoms with Crippen molar-refractivity contribution in [2.75, 3.05) is 5.32 Å². The van der Waals surface area contributed by atoms with Crippen LogP contribution in [0.1, 0.15) is 11.1 Å². The zero-order chi connectivity index (χ0) is 15.2. The van der Waals surface area contributed by atoms with Crippen LogP contribution in [-0.2, 0) is 0 Å². The lowest BCUT2D eigenvalue weighted by Gasteiger charge is -2.07. The predicted octanol–water partition coefficient (Wildman–Crippen LogP) is 5.09. The molecule has 2 aromatic carbocycles. The molecule has 0 aliphatic heterocycles. The lowest BCUT2D eigenvalue weighted by Crippen LogP contribution is -2.23. The number of rotatable bonds is 3. The van der Waals surface area contributed by atoms with Gasteiger partial charge in [-0.1, -0.05) is 53.5 Å². The van der Waals surface area contributed by atoms with Gasteiger partial charge in [-0.15, -0.1) is 0 Å². The number of carbonyl (C=O) groups excluding carboxylic acids is 1. The lowest BCUT2D eigenvalue weighted by atomic mass is 10.1. The highest BCUT2D eigenvalue weighted by Gasteiger charge is 2.06. The number of halogens is 2. The molecule has 0 spiro atoms. The van der Waals surface area contributed by atoms with Crippen LogP contribution in [0.5, 0.6) is 0 Å². The van der Waals surface area contributed by atoms with Crippen molar-refractivity contribution in [1.82, 2.24) is 5.32 Å². The molecule has 0 aliphatic rings. The molecule has 2 N–H and O–H groups in total. The smallest absolute Gasteiger partial charge is 0.314 e. The summed E-state index contributed by atoms with van der Waals surface area (Å²) in [6, 6.07) is 12.6. The summed E-state index contributed by atoms with van der Waals surface area (Å²) in [5.74, 6) is 0. The molecule has 0 bridgehead atoms. The second-order valence-corrected chi connectivity index (χ2v) is 5.17. The van der Waals surface area contributed by atoms with Gasteiger partial charge < -0.3 is 10.6 Å². The molecule has 2 amide bonds. The van der Waals surface area contributed by atoms with Crippen molar-refractivity contribution in [2.45, 2.75) is 6.92 Å². The standard InChI is InChI=1S/C16H14Cl2N2O/c1-11-5-2-3-6-12(11)9-10-19-16(21)20-14-8-4-7-13(17)15(14)18/h2-10H,1H3,(H2,19,20,21)/b10-9+. The largest absolute Gasteiger partial charge is 0.323 e. The molecule has 0 unspecified atom stereocenters. The van der Waals surface area contributed by atoms with Crippen LogP contribution >= 0.6 is 23.2 Å². The van der Waals surface area contributed by atoms with Gasteiger partial charge in [0.05, 0.1) is 15.7 Å². The predicted molar refractivity (Wildman–Crippen MR) is 88.8 cm³/mol. The number of benzene rings is 2. The van der Waals surface area contributed by atoms with Crippen LogP contribution in [0.4, 0.5) is 10.5 Å². The highest BCUT2D eigenvalue weighted by molar-refractivity contribution is 6.43. The van der Waals surface area contributed by atoms with Gasteiger partial charge in [-0.3, -0.25) is 0 Å². The molecule has 2 rings (SSSR count). The van der Waals surface area contributed by atoms with Crippen LogP contribution < -0.4 is 10.6 Å². The highest BCUT2D eigenvalue weighted by Crippen LogP contribution is 2.29. The quantitative estimate of drug-likeness (QED) is 0.812. The van der Waals surface area contributed by atoms with E-state index >= 15 is 0 Å². The first kappa shape index (κ1) is 15.4. The molecule has 5 heteroatoms. The third-order valence-electron chi connectivity index (χ3n) is 2.87. The van der Waals surface area contributed by atoms with Crippen LogP contribution in [0.25, 0.3) is 6.08 Å². The van der Waals surface area contributed by atoms with Gasteiger partial charge in [0.25, 0.3) is 0 Å². The fraction of sp³-hybridized carbons (Fsp3) is 0.0625. The van der Waals surface area contributed by atoms with Crippen LogP contribution in [0.3, 0.4) is 0 Å². The Kier molecular flexibility index (Phi) is 5.26. The van der Waals surface area contributed by atoms with Crippen LogP contribution in [0.2, 0.25) is 10.0 Å². The summed E-state index contributed by atoms with van der Waals surface area (Å²) < 4.78 is 0. The second kappa shape index (κ2) is 7.16. The SMILES string of the molecule is Cc1ccccc1/C=C/NC(=O)Nc1cccc(Cl)c1Cl. The first-order chi connectivity index (χ1) is 10.1. The monoisotopic (exact) mass is 320 g/mol. The minimum Gasteiger partial charge on any atom is -0.314 e. The van der Waals surface area contributed by atoms with Crippen LogP contribution in [0.15, 0.2) is 48.7 Å². The lowest BCUT2D eigenvalue weighted by molar-refractivity contribution is 0.255. The molecular weight excluding hydrogens is 307 g/mol. The van der Waals surface area contributed by atoms with Gasteiger partial charge in [0.1, 0.15) is 0 Å². The van der Waals surface area contributed by atoms with E-state index in [0.29, 0.717) is 15.7 Å². The molecule has 108 valence electrons. The molecule has 2 aromatic rings. The molecular formula is C16H14Cl2N2O. The molecule has 0 atom stereocenters. The van der Waals surface area contributed by atoms with E-state index in [-0.39, 0.29) is 6.03 Å². The summed E-state index contributed by atoms with van der Waals surface area (Å²) >= 11 is 11.9. The van der Waals surface area contributed by atoms with E-state index < -0.39 is 0 Å². The first-order valence-corrected chi connectivity index (χ1v) is 7.07. The second-order valence-electron chi connectivity index (χ2n) is 4.39. The van der Waals surface area contributed by atoms with Gasteiger partial charge in [0.15, 0.2) is 0 Å². The Morgan fingerprint density at radius 3 is 2.62 bits per heavy atom. The number of amides is 2. The van der Waals surface area contributed by atoms with Crippen LogP contribution in [-0.4, -0.2) is 6.03 Å². The number of anilines is 1. The highest BCUT2D eigenvalue weighted by atomic mass is 35.5. The molecule has 0 aromatic heterocycles. The maximum Gasteiger partial charge on any atom is 0.323 e. The number of urea groups is 1. The number of hydrogen-bond acceptors (Lipinski definition) is 1. The Hall–Kier alpha value is -1.97.